The molecule has 1 N–H and O–H groups in total. The zero-order valence-corrected chi connectivity index (χ0v) is 17.9. The number of esters is 1. The molecule has 152 valence electrons. The number of aryl methyl sites for hydroxylation is 1. The third kappa shape index (κ3) is 7.09. The van der Waals surface area contributed by atoms with Crippen molar-refractivity contribution >= 4 is 23.2 Å². The minimum absolute atomic E-state index is 0.0514. The molecular formula is C22H30N2O3S. The van der Waals surface area contributed by atoms with Crippen LogP contribution in [0.1, 0.15) is 42.3 Å². The fourth-order valence-corrected chi connectivity index (χ4v) is 3.85. The van der Waals surface area contributed by atoms with Crippen LogP contribution in [0, 0.1) is 12.8 Å². The van der Waals surface area contributed by atoms with Crippen LogP contribution in [-0.2, 0) is 14.3 Å². The molecule has 0 aliphatic rings. The quantitative estimate of drug-likeness (QED) is 0.615. The lowest BCUT2D eigenvalue weighted by Gasteiger charge is -2.25. The summed E-state index contributed by atoms with van der Waals surface area (Å²) in [5.74, 6) is 0.0883. The molecule has 2 rings (SSSR count). The fraction of sp³-hybridized carbons (Fsp3) is 0.455. The first-order chi connectivity index (χ1) is 13.4. The van der Waals surface area contributed by atoms with Gasteiger partial charge in [-0.25, -0.2) is 0 Å². The van der Waals surface area contributed by atoms with Gasteiger partial charge in [-0.15, -0.1) is 11.3 Å². The van der Waals surface area contributed by atoms with Crippen molar-refractivity contribution in [3.8, 4) is 0 Å². The van der Waals surface area contributed by atoms with Gasteiger partial charge in [0.1, 0.15) is 0 Å². The van der Waals surface area contributed by atoms with Crippen molar-refractivity contribution in [2.45, 2.75) is 33.2 Å². The van der Waals surface area contributed by atoms with Crippen LogP contribution in [0.3, 0.4) is 0 Å². The normalized spacial score (nSPS) is 12.2. The van der Waals surface area contributed by atoms with Gasteiger partial charge in [0, 0.05) is 18.0 Å². The smallest absolute Gasteiger partial charge is 0.306 e. The molecule has 0 aliphatic heterocycles. The SMILES string of the molecule is COC(=O)CCN(CC(=O)N[C@@H](c1ccc(C)cc1)c1cccs1)CC(C)C. The van der Waals surface area contributed by atoms with Gasteiger partial charge >= 0.3 is 5.97 Å². The van der Waals surface area contributed by atoms with E-state index < -0.39 is 0 Å². The van der Waals surface area contributed by atoms with E-state index in [0.29, 0.717) is 12.5 Å². The topological polar surface area (TPSA) is 58.6 Å². The van der Waals surface area contributed by atoms with E-state index in [1.54, 1.807) is 11.3 Å². The molecule has 6 heteroatoms. The fourth-order valence-electron chi connectivity index (χ4n) is 3.05. The summed E-state index contributed by atoms with van der Waals surface area (Å²) in [6, 6.07) is 12.1. The highest BCUT2D eigenvalue weighted by molar-refractivity contribution is 7.10. The number of nitrogens with zero attached hydrogens (tertiary/aromatic N) is 1. The average Bonchev–Trinajstić information content (AvgIpc) is 3.18. The maximum Gasteiger partial charge on any atom is 0.306 e. The number of carbonyl (C=O) groups is 2. The Balaban J connectivity index is 2.08. The van der Waals surface area contributed by atoms with Gasteiger partial charge < -0.3 is 10.1 Å². The van der Waals surface area contributed by atoms with Crippen LogP contribution in [0.4, 0.5) is 0 Å². The Hall–Kier alpha value is -2.18. The molecule has 0 radical (unpaired) electrons. The van der Waals surface area contributed by atoms with E-state index in [9.17, 15) is 9.59 Å². The molecule has 0 spiro atoms. The molecule has 28 heavy (non-hydrogen) atoms. The van der Waals surface area contributed by atoms with E-state index in [0.717, 1.165) is 17.0 Å². The summed E-state index contributed by atoms with van der Waals surface area (Å²) in [6.07, 6.45) is 0.281. The van der Waals surface area contributed by atoms with Crippen LogP contribution in [-0.4, -0.2) is 43.5 Å². The summed E-state index contributed by atoms with van der Waals surface area (Å²) in [7, 11) is 1.38. The highest BCUT2D eigenvalue weighted by atomic mass is 32.1. The number of carbonyl (C=O) groups excluding carboxylic acids is 2. The number of methoxy groups -OCH3 is 1. The van der Waals surface area contributed by atoms with E-state index in [4.69, 9.17) is 4.74 Å². The number of benzene rings is 1. The highest BCUT2D eigenvalue weighted by Gasteiger charge is 2.20. The molecule has 1 aromatic carbocycles. The van der Waals surface area contributed by atoms with Crippen molar-refractivity contribution < 1.29 is 14.3 Å². The van der Waals surface area contributed by atoms with Gasteiger partial charge in [0.05, 0.1) is 26.1 Å². The number of ether oxygens (including phenoxy) is 1. The molecule has 0 saturated carbocycles. The Morgan fingerprint density at radius 1 is 1.18 bits per heavy atom. The van der Waals surface area contributed by atoms with Crippen LogP contribution in [0.2, 0.25) is 0 Å². The molecule has 0 saturated heterocycles. The van der Waals surface area contributed by atoms with E-state index >= 15 is 0 Å². The third-order valence-electron chi connectivity index (χ3n) is 4.39. The van der Waals surface area contributed by atoms with Crippen LogP contribution < -0.4 is 5.32 Å². The Kier molecular flexibility index (Phi) is 8.67. The van der Waals surface area contributed by atoms with Crippen LogP contribution in [0.15, 0.2) is 41.8 Å². The lowest BCUT2D eigenvalue weighted by Crippen LogP contribution is -2.41. The lowest BCUT2D eigenvalue weighted by molar-refractivity contribution is -0.141. The second-order valence-corrected chi connectivity index (χ2v) is 8.36. The summed E-state index contributed by atoms with van der Waals surface area (Å²) in [5.41, 5.74) is 2.25. The Labute approximate surface area is 171 Å². The molecule has 0 unspecified atom stereocenters. The number of amides is 1. The number of hydrogen-bond donors (Lipinski definition) is 1. The van der Waals surface area contributed by atoms with E-state index in [2.05, 4.69) is 43.4 Å². The van der Waals surface area contributed by atoms with Crippen molar-refractivity contribution in [2.24, 2.45) is 5.92 Å². The van der Waals surface area contributed by atoms with Gasteiger partial charge in [0.25, 0.3) is 0 Å². The zero-order chi connectivity index (χ0) is 20.5. The van der Waals surface area contributed by atoms with Gasteiger partial charge in [0.2, 0.25) is 5.91 Å². The largest absolute Gasteiger partial charge is 0.469 e. The van der Waals surface area contributed by atoms with Crippen molar-refractivity contribution in [1.82, 2.24) is 10.2 Å². The zero-order valence-electron chi connectivity index (χ0n) is 17.1. The number of rotatable bonds is 10. The number of nitrogens with one attached hydrogen (secondary N) is 1. The summed E-state index contributed by atoms with van der Waals surface area (Å²) in [4.78, 5) is 27.4. The maximum absolute atomic E-state index is 12.8. The predicted molar refractivity (Wildman–Crippen MR) is 113 cm³/mol. The molecular weight excluding hydrogens is 372 g/mol. The van der Waals surface area contributed by atoms with Gasteiger partial charge in [-0.3, -0.25) is 14.5 Å². The van der Waals surface area contributed by atoms with Gasteiger partial charge in [-0.2, -0.15) is 0 Å². The van der Waals surface area contributed by atoms with E-state index in [1.165, 1.54) is 12.7 Å². The summed E-state index contributed by atoms with van der Waals surface area (Å²) < 4.78 is 4.73. The third-order valence-corrected chi connectivity index (χ3v) is 5.33. The summed E-state index contributed by atoms with van der Waals surface area (Å²) in [6.45, 7) is 7.76. The molecule has 1 aromatic heterocycles. The molecule has 2 aromatic rings. The first-order valence-electron chi connectivity index (χ1n) is 9.57. The van der Waals surface area contributed by atoms with Gasteiger partial charge in [-0.05, 0) is 29.9 Å². The first-order valence-corrected chi connectivity index (χ1v) is 10.5. The van der Waals surface area contributed by atoms with E-state index in [1.807, 2.05) is 29.3 Å². The minimum atomic E-state index is -0.259. The van der Waals surface area contributed by atoms with Crippen LogP contribution in [0.25, 0.3) is 0 Å². The van der Waals surface area contributed by atoms with Crippen LogP contribution >= 0.6 is 11.3 Å². The van der Waals surface area contributed by atoms with Crippen molar-refractivity contribution in [3.63, 3.8) is 0 Å². The first kappa shape index (κ1) is 22.1. The highest BCUT2D eigenvalue weighted by Crippen LogP contribution is 2.26. The number of thiophene rings is 1. The van der Waals surface area contributed by atoms with Crippen LogP contribution in [0.5, 0.6) is 0 Å². The predicted octanol–water partition coefficient (Wildman–Crippen LogP) is 3.78. The summed E-state index contributed by atoms with van der Waals surface area (Å²) >= 11 is 1.63. The number of hydrogen-bond acceptors (Lipinski definition) is 5. The Morgan fingerprint density at radius 2 is 1.89 bits per heavy atom. The van der Waals surface area contributed by atoms with Crippen molar-refractivity contribution in [1.29, 1.82) is 0 Å². The minimum Gasteiger partial charge on any atom is -0.469 e. The molecule has 0 aliphatic carbocycles. The standard InChI is InChI=1S/C22H30N2O3S/c1-16(2)14-24(12-11-21(26)27-4)15-20(25)23-22(19-6-5-13-28-19)18-9-7-17(3)8-10-18/h5-10,13,16,22H,11-12,14-15H2,1-4H3,(H,23,25)/t22-/m0/s1. The van der Waals surface area contributed by atoms with Crippen molar-refractivity contribution in [3.05, 3.63) is 57.8 Å². The summed E-state index contributed by atoms with van der Waals surface area (Å²) in [5, 5.41) is 5.19. The molecule has 1 heterocycles. The van der Waals surface area contributed by atoms with E-state index in [-0.39, 0.29) is 30.9 Å². The second-order valence-electron chi connectivity index (χ2n) is 7.38. The maximum atomic E-state index is 12.8. The van der Waals surface area contributed by atoms with Gasteiger partial charge in [0.15, 0.2) is 0 Å². The Bertz CT molecular complexity index is 742. The average molecular weight is 403 g/mol. The monoisotopic (exact) mass is 402 g/mol. The van der Waals surface area contributed by atoms with Gasteiger partial charge in [-0.1, -0.05) is 49.7 Å². The molecule has 0 fully saturated rings. The van der Waals surface area contributed by atoms with Crippen molar-refractivity contribution in [2.75, 3.05) is 26.7 Å². The molecule has 1 atom stereocenters. The molecule has 5 nitrogen and oxygen atoms in total. The molecule has 1 amide bonds. The second kappa shape index (κ2) is 11.0. The Morgan fingerprint density at radius 3 is 2.46 bits per heavy atom. The lowest BCUT2D eigenvalue weighted by atomic mass is 10.0. The molecule has 0 bridgehead atoms.